The summed E-state index contributed by atoms with van der Waals surface area (Å²) in [7, 11) is 0. The molecule has 0 aliphatic carbocycles. The first-order valence-corrected chi connectivity index (χ1v) is 8.97. The Morgan fingerprint density at radius 2 is 1.71 bits per heavy atom. The number of carboxylic acid groups (broad SMARTS) is 2. The van der Waals surface area contributed by atoms with E-state index >= 15 is 0 Å². The van der Waals surface area contributed by atoms with Crippen molar-refractivity contribution >= 4 is 34.9 Å². The van der Waals surface area contributed by atoms with Gasteiger partial charge in [0.25, 0.3) is 0 Å². The van der Waals surface area contributed by atoms with Crippen molar-refractivity contribution in [2.75, 3.05) is 31.9 Å². The number of rotatable bonds is 4. The molecule has 0 saturated carbocycles. The fourth-order valence-electron chi connectivity index (χ4n) is 3.01. The number of carbonyl (C=O) groups is 2. The molecule has 28 heavy (non-hydrogen) atoms. The first-order chi connectivity index (χ1) is 15.7. The Labute approximate surface area is 178 Å². The van der Waals surface area contributed by atoms with Gasteiger partial charge in [0.15, 0.2) is 0 Å². The van der Waals surface area contributed by atoms with Crippen LogP contribution in [0.1, 0.15) is 25.8 Å². The largest absolute Gasteiger partial charge is 0.473 e. The maximum atomic E-state index is 9.10. The third-order valence-electron chi connectivity index (χ3n) is 4.23. The first-order valence-electron chi connectivity index (χ1n) is 11.6. The highest BCUT2D eigenvalue weighted by atomic mass is 35.5. The minimum atomic E-state index is -2.66. The van der Waals surface area contributed by atoms with Gasteiger partial charge >= 0.3 is 11.9 Å². The quantitative estimate of drug-likeness (QED) is 0.748. The van der Waals surface area contributed by atoms with Gasteiger partial charge in [0.2, 0.25) is 0 Å². The van der Waals surface area contributed by atoms with E-state index in [0.717, 1.165) is 24.2 Å². The molecule has 7 heteroatoms. The molecule has 0 aromatic heterocycles. The molecule has 0 amide bonds. The van der Waals surface area contributed by atoms with E-state index in [0.29, 0.717) is 22.9 Å². The molecule has 0 unspecified atom stereocenters. The lowest BCUT2D eigenvalue weighted by atomic mass is 10.0. The molecule has 0 spiro atoms. The minimum Gasteiger partial charge on any atom is -0.473 e. The number of carboxylic acids is 2. The van der Waals surface area contributed by atoms with Gasteiger partial charge < -0.3 is 20.0 Å². The van der Waals surface area contributed by atoms with Gasteiger partial charge in [-0.05, 0) is 69.1 Å². The first kappa shape index (κ1) is 14.4. The van der Waals surface area contributed by atoms with Gasteiger partial charge in [-0.1, -0.05) is 35.9 Å². The number of para-hydroxylation sites is 1. The third kappa shape index (κ3) is 5.97. The van der Waals surface area contributed by atoms with Crippen molar-refractivity contribution in [1.29, 1.82) is 0 Å². The summed E-state index contributed by atoms with van der Waals surface area (Å²) in [5, 5.41) is 15.4. The molecular formula is C21H25ClN2O4. The van der Waals surface area contributed by atoms with Gasteiger partial charge in [-0.3, -0.25) is 0 Å². The van der Waals surface area contributed by atoms with Crippen LogP contribution in [0.3, 0.4) is 0 Å². The van der Waals surface area contributed by atoms with Crippen LogP contribution in [-0.4, -0.2) is 54.1 Å². The normalized spacial score (nSPS) is 16.4. The Balaban J connectivity index is 0.000000604. The van der Waals surface area contributed by atoms with Crippen molar-refractivity contribution in [2.24, 2.45) is 0 Å². The van der Waals surface area contributed by atoms with Gasteiger partial charge in [-0.2, -0.15) is 0 Å². The molecule has 0 fully saturated rings. The van der Waals surface area contributed by atoms with Gasteiger partial charge in [-0.15, -0.1) is 0 Å². The van der Waals surface area contributed by atoms with Crippen molar-refractivity contribution in [3.05, 3.63) is 58.6 Å². The van der Waals surface area contributed by atoms with Crippen molar-refractivity contribution in [3.63, 3.8) is 0 Å². The average molecular weight is 411 g/mol. The van der Waals surface area contributed by atoms with Crippen LogP contribution in [0.15, 0.2) is 42.5 Å². The number of fused-ring (bicyclic) bond motifs is 2. The molecular weight excluding hydrogens is 380 g/mol. The summed E-state index contributed by atoms with van der Waals surface area (Å²) in [5.41, 5.74) is 4.42. The molecule has 0 radical (unpaired) electrons. The second kappa shape index (κ2) is 10.1. The molecule has 0 saturated heterocycles. The zero-order valence-electron chi connectivity index (χ0n) is 21.1. The van der Waals surface area contributed by atoms with Crippen LogP contribution >= 0.6 is 11.6 Å². The van der Waals surface area contributed by atoms with Crippen molar-refractivity contribution in [2.45, 2.75) is 19.3 Å². The molecule has 2 aromatic carbocycles. The number of hydrogen-bond donors (Lipinski definition) is 2. The zero-order valence-corrected chi connectivity index (χ0v) is 15.8. The molecule has 2 aromatic rings. The fraction of sp³-hybridized carbons (Fsp3) is 0.333. The summed E-state index contributed by atoms with van der Waals surface area (Å²) in [6.45, 7) is -4.89. The molecule has 1 aliphatic rings. The molecule has 0 bridgehead atoms. The Hall–Kier alpha value is -2.57. The number of nitrogens with zero attached hydrogens (tertiary/aromatic N) is 2. The summed E-state index contributed by atoms with van der Waals surface area (Å²) < 4.78 is 45.2. The van der Waals surface area contributed by atoms with Crippen LogP contribution in [0.5, 0.6) is 0 Å². The van der Waals surface area contributed by atoms with E-state index in [1.807, 2.05) is 36.4 Å². The lowest BCUT2D eigenvalue weighted by Crippen LogP contribution is -2.24. The van der Waals surface area contributed by atoms with Crippen LogP contribution in [0.25, 0.3) is 0 Å². The lowest BCUT2D eigenvalue weighted by molar-refractivity contribution is -0.159. The van der Waals surface area contributed by atoms with E-state index in [2.05, 4.69) is 11.0 Å². The standard InChI is InChI=1S/C19H23ClN2.C2H2O4/c1-21(2)12-5-13-22-18-7-4-3-6-15(18)8-9-16-10-11-17(20)14-19(16)22;3-1(4)2(5)6/h3-4,6-7,10-11,14H,5,8-9,12-13H2,1-2H3;(H,3,4)(H,5,6)/i1D3,2D3;. The SMILES string of the molecule is O=C(O)C(=O)O.[2H]C([2H])([2H])N(CCCN1c2ccccc2CCc2ccc(Cl)cc21)C([2H])([2H])[2H]. The topological polar surface area (TPSA) is 81.1 Å². The van der Waals surface area contributed by atoms with Gasteiger partial charge in [-0.25, -0.2) is 9.59 Å². The summed E-state index contributed by atoms with van der Waals surface area (Å²) in [4.78, 5) is 20.9. The molecule has 1 aliphatic heterocycles. The van der Waals surface area contributed by atoms with E-state index in [9.17, 15) is 0 Å². The summed E-state index contributed by atoms with van der Waals surface area (Å²) in [6, 6.07) is 13.9. The maximum absolute atomic E-state index is 9.10. The highest BCUT2D eigenvalue weighted by molar-refractivity contribution is 6.31. The number of hydrogen-bond acceptors (Lipinski definition) is 4. The zero-order chi connectivity index (χ0) is 25.7. The number of aliphatic carboxylic acids is 2. The Morgan fingerprint density at radius 1 is 1.07 bits per heavy atom. The molecule has 0 atom stereocenters. The third-order valence-corrected chi connectivity index (χ3v) is 4.47. The van der Waals surface area contributed by atoms with Crippen LogP contribution in [0.4, 0.5) is 11.4 Å². The summed E-state index contributed by atoms with van der Waals surface area (Å²) >= 11 is 6.24. The Morgan fingerprint density at radius 3 is 2.36 bits per heavy atom. The molecule has 6 nitrogen and oxygen atoms in total. The maximum Gasteiger partial charge on any atom is 0.414 e. The van der Waals surface area contributed by atoms with E-state index in [1.54, 1.807) is 0 Å². The smallest absolute Gasteiger partial charge is 0.414 e. The van der Waals surface area contributed by atoms with E-state index in [1.165, 1.54) is 11.1 Å². The van der Waals surface area contributed by atoms with E-state index < -0.39 is 25.9 Å². The second-order valence-corrected chi connectivity index (χ2v) is 6.61. The van der Waals surface area contributed by atoms with Crippen LogP contribution in [-0.2, 0) is 22.4 Å². The lowest BCUT2D eigenvalue weighted by Gasteiger charge is -2.27. The predicted molar refractivity (Wildman–Crippen MR) is 111 cm³/mol. The Kier molecular flexibility index (Phi) is 5.21. The second-order valence-electron chi connectivity index (χ2n) is 6.17. The highest BCUT2D eigenvalue weighted by Gasteiger charge is 2.20. The van der Waals surface area contributed by atoms with Crippen LogP contribution in [0.2, 0.25) is 5.02 Å². The summed E-state index contributed by atoms with van der Waals surface area (Å²) in [5.74, 6) is -3.65. The molecule has 150 valence electrons. The monoisotopic (exact) mass is 410 g/mol. The number of aryl methyl sites for hydroxylation is 2. The average Bonchev–Trinajstić information content (AvgIpc) is 2.86. The van der Waals surface area contributed by atoms with Gasteiger partial charge in [0.05, 0.1) is 0 Å². The van der Waals surface area contributed by atoms with Gasteiger partial charge in [0.1, 0.15) is 0 Å². The predicted octanol–water partition coefficient (Wildman–Crippen LogP) is 3.68. The number of halogens is 1. The molecule has 2 N–H and O–H groups in total. The van der Waals surface area contributed by atoms with Crippen molar-refractivity contribution < 1.29 is 28.0 Å². The van der Waals surface area contributed by atoms with Crippen molar-refractivity contribution in [3.8, 4) is 0 Å². The van der Waals surface area contributed by atoms with Crippen LogP contribution < -0.4 is 4.90 Å². The number of anilines is 2. The van der Waals surface area contributed by atoms with Crippen LogP contribution in [0, 0.1) is 0 Å². The number of benzene rings is 2. The van der Waals surface area contributed by atoms with E-state index in [4.69, 9.17) is 39.6 Å². The molecule has 1 heterocycles. The summed E-state index contributed by atoms with van der Waals surface area (Å²) in [6.07, 6.45) is 2.17. The fourth-order valence-corrected chi connectivity index (χ4v) is 3.18. The van der Waals surface area contributed by atoms with Crippen molar-refractivity contribution in [1.82, 2.24) is 4.90 Å². The minimum absolute atomic E-state index is 0.0540. The highest BCUT2D eigenvalue weighted by Crippen LogP contribution is 2.37. The van der Waals surface area contributed by atoms with E-state index in [-0.39, 0.29) is 6.54 Å². The Bertz CT molecular complexity index is 1000. The molecule has 3 rings (SSSR count). The van der Waals surface area contributed by atoms with Gasteiger partial charge in [0, 0.05) is 31.2 Å².